The van der Waals surface area contributed by atoms with E-state index in [4.69, 9.17) is 9.47 Å². The van der Waals surface area contributed by atoms with Gasteiger partial charge in [-0.25, -0.2) is 0 Å². The second-order valence-corrected chi connectivity index (χ2v) is 6.78. The Bertz CT molecular complexity index is 1200. The molecule has 142 valence electrons. The molecule has 6 heteroatoms. The highest BCUT2D eigenvalue weighted by Crippen LogP contribution is 2.32. The first-order chi connectivity index (χ1) is 14.1. The van der Waals surface area contributed by atoms with Gasteiger partial charge in [0.1, 0.15) is 13.2 Å². The largest absolute Gasteiger partial charge is 0.486 e. The van der Waals surface area contributed by atoms with Crippen LogP contribution in [0.3, 0.4) is 0 Å². The van der Waals surface area contributed by atoms with Crippen molar-refractivity contribution in [1.82, 2.24) is 0 Å². The van der Waals surface area contributed by atoms with Crippen LogP contribution in [0.1, 0.15) is 42.2 Å². The predicted octanol–water partition coefficient (Wildman–Crippen LogP) is 3.49. The molecule has 0 saturated heterocycles. The van der Waals surface area contributed by atoms with Gasteiger partial charge in [0.15, 0.2) is 23.1 Å². The van der Waals surface area contributed by atoms with Gasteiger partial charge >= 0.3 is 0 Å². The molecule has 3 aromatic rings. The van der Waals surface area contributed by atoms with Crippen LogP contribution in [0.2, 0.25) is 0 Å². The normalized spacial score (nSPS) is 14.1. The molecule has 1 heterocycles. The molecule has 0 atom stereocenters. The molecule has 1 amide bonds. The zero-order valence-corrected chi connectivity index (χ0v) is 15.2. The van der Waals surface area contributed by atoms with Gasteiger partial charge in [-0.3, -0.25) is 14.4 Å². The van der Waals surface area contributed by atoms with E-state index in [0.717, 1.165) is 0 Å². The van der Waals surface area contributed by atoms with E-state index >= 15 is 0 Å². The van der Waals surface area contributed by atoms with Crippen LogP contribution in [-0.4, -0.2) is 30.7 Å². The van der Waals surface area contributed by atoms with Gasteiger partial charge in [0, 0.05) is 33.5 Å². The zero-order valence-electron chi connectivity index (χ0n) is 15.2. The molecule has 0 spiro atoms. The number of ether oxygens (including phenoxy) is 2. The number of rotatable bonds is 2. The van der Waals surface area contributed by atoms with Gasteiger partial charge in [0.25, 0.3) is 5.91 Å². The number of nitrogens with one attached hydrogen (secondary N) is 1. The summed E-state index contributed by atoms with van der Waals surface area (Å²) >= 11 is 0. The number of amides is 1. The highest BCUT2D eigenvalue weighted by molar-refractivity contribution is 6.28. The summed E-state index contributed by atoms with van der Waals surface area (Å²) in [5.41, 5.74) is 2.24. The molecule has 0 aromatic heterocycles. The monoisotopic (exact) mass is 385 g/mol. The summed E-state index contributed by atoms with van der Waals surface area (Å²) < 4.78 is 11.0. The van der Waals surface area contributed by atoms with E-state index in [-0.39, 0.29) is 23.0 Å². The average molecular weight is 385 g/mol. The van der Waals surface area contributed by atoms with Crippen molar-refractivity contribution < 1.29 is 23.9 Å². The van der Waals surface area contributed by atoms with Crippen LogP contribution < -0.4 is 14.8 Å². The predicted molar refractivity (Wildman–Crippen MR) is 105 cm³/mol. The van der Waals surface area contributed by atoms with Gasteiger partial charge < -0.3 is 14.8 Å². The highest BCUT2D eigenvalue weighted by Gasteiger charge is 2.29. The number of anilines is 1. The molecule has 0 bridgehead atoms. The Hall–Kier alpha value is -3.93. The van der Waals surface area contributed by atoms with Crippen LogP contribution in [-0.2, 0) is 0 Å². The fourth-order valence-electron chi connectivity index (χ4n) is 3.57. The minimum Gasteiger partial charge on any atom is -0.486 e. The number of carbonyl (C=O) groups is 3. The molecule has 0 fully saturated rings. The smallest absolute Gasteiger partial charge is 0.255 e. The van der Waals surface area contributed by atoms with Crippen LogP contribution >= 0.6 is 0 Å². The Morgan fingerprint density at radius 2 is 1.38 bits per heavy atom. The lowest BCUT2D eigenvalue weighted by Gasteiger charge is -2.19. The van der Waals surface area contributed by atoms with Crippen LogP contribution in [0.5, 0.6) is 11.5 Å². The number of ketones is 2. The van der Waals surface area contributed by atoms with Crippen LogP contribution in [0.25, 0.3) is 0 Å². The first-order valence-electron chi connectivity index (χ1n) is 9.15. The average Bonchev–Trinajstić information content (AvgIpc) is 2.77. The van der Waals surface area contributed by atoms with Crippen LogP contribution in [0.15, 0.2) is 60.7 Å². The first kappa shape index (κ1) is 17.2. The van der Waals surface area contributed by atoms with Crippen molar-refractivity contribution >= 4 is 23.2 Å². The maximum absolute atomic E-state index is 12.8. The van der Waals surface area contributed by atoms with Crippen molar-refractivity contribution in [3.8, 4) is 11.5 Å². The van der Waals surface area contributed by atoms with Crippen molar-refractivity contribution in [2.45, 2.75) is 0 Å². The van der Waals surface area contributed by atoms with E-state index in [1.807, 2.05) is 0 Å². The fourth-order valence-corrected chi connectivity index (χ4v) is 3.57. The highest BCUT2D eigenvalue weighted by atomic mass is 16.6. The zero-order chi connectivity index (χ0) is 20.0. The number of carbonyl (C=O) groups excluding carboxylic acids is 3. The standard InChI is InChI=1S/C23H15NO5/c25-21-15-3-1-2-4-16(15)22(26)18-12-14(6-7-17(18)21)24-23(27)13-5-8-19-20(11-13)29-10-9-28-19/h1-8,11-12H,9-10H2,(H,24,27). The Kier molecular flexibility index (Phi) is 3.91. The summed E-state index contributed by atoms with van der Waals surface area (Å²) in [6.07, 6.45) is 0. The Labute approximate surface area is 166 Å². The molecule has 0 saturated carbocycles. The summed E-state index contributed by atoms with van der Waals surface area (Å²) in [5.74, 6) is 0.346. The van der Waals surface area contributed by atoms with Gasteiger partial charge in [-0.05, 0) is 36.4 Å². The minimum atomic E-state index is -0.350. The van der Waals surface area contributed by atoms with Crippen molar-refractivity contribution in [3.05, 3.63) is 88.5 Å². The van der Waals surface area contributed by atoms with Gasteiger partial charge in [-0.15, -0.1) is 0 Å². The minimum absolute atomic E-state index is 0.195. The molecule has 0 radical (unpaired) electrons. The van der Waals surface area contributed by atoms with E-state index < -0.39 is 0 Å². The number of hydrogen-bond donors (Lipinski definition) is 1. The Morgan fingerprint density at radius 3 is 2.14 bits per heavy atom. The third kappa shape index (κ3) is 2.86. The lowest BCUT2D eigenvalue weighted by atomic mass is 9.84. The third-order valence-electron chi connectivity index (χ3n) is 4.99. The lowest BCUT2D eigenvalue weighted by Crippen LogP contribution is -2.21. The summed E-state index contributed by atoms with van der Waals surface area (Å²) in [6, 6.07) is 16.4. The van der Waals surface area contributed by atoms with E-state index in [2.05, 4.69) is 5.32 Å². The number of fused-ring (bicyclic) bond motifs is 3. The number of benzene rings is 3. The van der Waals surface area contributed by atoms with Crippen LogP contribution in [0.4, 0.5) is 5.69 Å². The first-order valence-corrected chi connectivity index (χ1v) is 9.15. The second kappa shape index (κ2) is 6.60. The molecule has 0 unspecified atom stereocenters. The summed E-state index contributed by atoms with van der Waals surface area (Å²) in [6.45, 7) is 0.907. The summed E-state index contributed by atoms with van der Waals surface area (Å²) in [5, 5.41) is 2.78. The van der Waals surface area contributed by atoms with Crippen molar-refractivity contribution in [3.63, 3.8) is 0 Å². The summed E-state index contributed by atoms with van der Waals surface area (Å²) in [4.78, 5) is 38.2. The third-order valence-corrected chi connectivity index (χ3v) is 4.99. The quantitative estimate of drug-likeness (QED) is 0.571. The van der Waals surface area contributed by atoms with Gasteiger partial charge in [-0.2, -0.15) is 0 Å². The molecular formula is C23H15NO5. The maximum atomic E-state index is 12.8. The number of hydrogen-bond acceptors (Lipinski definition) is 5. The Morgan fingerprint density at radius 1 is 0.724 bits per heavy atom. The van der Waals surface area contributed by atoms with Crippen molar-refractivity contribution in [1.29, 1.82) is 0 Å². The van der Waals surface area contributed by atoms with E-state index in [0.29, 0.717) is 52.7 Å². The topological polar surface area (TPSA) is 81.7 Å². The molecule has 1 aliphatic carbocycles. The van der Waals surface area contributed by atoms with E-state index in [1.165, 1.54) is 0 Å². The van der Waals surface area contributed by atoms with Gasteiger partial charge in [-0.1, -0.05) is 24.3 Å². The van der Waals surface area contributed by atoms with Gasteiger partial charge in [0.2, 0.25) is 0 Å². The molecule has 2 aliphatic rings. The Balaban J connectivity index is 1.44. The molecular weight excluding hydrogens is 370 g/mol. The fraction of sp³-hybridized carbons (Fsp3) is 0.0870. The van der Waals surface area contributed by atoms with E-state index in [9.17, 15) is 14.4 Å². The molecule has 29 heavy (non-hydrogen) atoms. The molecule has 1 N–H and O–H groups in total. The van der Waals surface area contributed by atoms with E-state index in [1.54, 1.807) is 60.7 Å². The van der Waals surface area contributed by atoms with Gasteiger partial charge in [0.05, 0.1) is 0 Å². The summed E-state index contributed by atoms with van der Waals surface area (Å²) in [7, 11) is 0. The maximum Gasteiger partial charge on any atom is 0.255 e. The van der Waals surface area contributed by atoms with Crippen molar-refractivity contribution in [2.75, 3.05) is 18.5 Å². The molecule has 5 rings (SSSR count). The van der Waals surface area contributed by atoms with Crippen molar-refractivity contribution in [2.24, 2.45) is 0 Å². The SMILES string of the molecule is O=C(Nc1ccc2c(c1)C(=O)c1ccccc1C2=O)c1ccc2c(c1)OCCO2. The lowest BCUT2D eigenvalue weighted by molar-refractivity contribution is 0.0979. The van der Waals surface area contributed by atoms with Crippen LogP contribution in [0, 0.1) is 0 Å². The molecule has 6 nitrogen and oxygen atoms in total. The molecule has 1 aliphatic heterocycles. The second-order valence-electron chi connectivity index (χ2n) is 6.78. The molecule has 3 aromatic carbocycles.